The molecule has 8 heteroatoms. The first-order valence-electron chi connectivity index (χ1n) is 6.14. The molecule has 2 unspecified atom stereocenters. The first-order valence-corrected chi connectivity index (χ1v) is 7.63. The van der Waals surface area contributed by atoms with Crippen molar-refractivity contribution in [3.63, 3.8) is 0 Å². The monoisotopic (exact) mass is 292 g/mol. The molecular formula is C11H20N2O5S. The summed E-state index contributed by atoms with van der Waals surface area (Å²) in [6.07, 6.45) is 0. The molecule has 0 bridgehead atoms. The van der Waals surface area contributed by atoms with Crippen LogP contribution in [0.5, 0.6) is 0 Å². The van der Waals surface area contributed by atoms with Gasteiger partial charge in [0.1, 0.15) is 6.04 Å². The fraction of sp³-hybridized carbons (Fsp3) is 0.818. The number of hydrogen-bond donors (Lipinski definition) is 2. The van der Waals surface area contributed by atoms with Crippen molar-refractivity contribution in [3.8, 4) is 0 Å². The zero-order valence-corrected chi connectivity index (χ0v) is 11.8. The van der Waals surface area contributed by atoms with Crippen LogP contribution in [0.15, 0.2) is 0 Å². The number of nitrogens with zero attached hydrogens (tertiary/aromatic N) is 1. The van der Waals surface area contributed by atoms with E-state index in [1.807, 2.05) is 0 Å². The molecule has 1 amide bonds. The van der Waals surface area contributed by atoms with Crippen LogP contribution in [0.1, 0.15) is 6.92 Å². The molecule has 0 spiro atoms. The van der Waals surface area contributed by atoms with Crippen LogP contribution in [0.3, 0.4) is 0 Å². The van der Waals surface area contributed by atoms with Gasteiger partial charge in [0.25, 0.3) is 0 Å². The summed E-state index contributed by atoms with van der Waals surface area (Å²) in [6, 6.07) is -1.08. The number of hydrogen-bond acceptors (Lipinski definition) is 5. The molecule has 0 radical (unpaired) electrons. The van der Waals surface area contributed by atoms with E-state index in [2.05, 4.69) is 10.2 Å². The van der Waals surface area contributed by atoms with Crippen LogP contribution < -0.4 is 5.32 Å². The molecule has 1 fully saturated rings. The Labute approximate surface area is 114 Å². The molecule has 110 valence electrons. The van der Waals surface area contributed by atoms with Crippen molar-refractivity contribution < 1.29 is 23.6 Å². The normalized spacial score (nSPS) is 19.6. The van der Waals surface area contributed by atoms with Crippen LogP contribution in [0.2, 0.25) is 0 Å². The molecule has 1 aliphatic heterocycles. The molecule has 1 rings (SSSR count). The number of amides is 1. The molecule has 0 aromatic carbocycles. The average Bonchev–Trinajstić information content (AvgIpc) is 2.36. The Morgan fingerprint density at radius 1 is 1.42 bits per heavy atom. The molecule has 1 heterocycles. The summed E-state index contributed by atoms with van der Waals surface area (Å²) in [5.41, 5.74) is 0. The fourth-order valence-electron chi connectivity index (χ4n) is 1.74. The standard InChI is InChI=1S/C11H20N2O5S/c1-9(14)12-10(11(15)16)8-19(17)7-4-13-2-5-18-6-3-13/h10H,2-8H2,1H3,(H,12,14)(H,15,16). The Morgan fingerprint density at radius 2 is 2.05 bits per heavy atom. The highest BCUT2D eigenvalue weighted by molar-refractivity contribution is 7.85. The van der Waals surface area contributed by atoms with Gasteiger partial charge in [-0.15, -0.1) is 0 Å². The van der Waals surface area contributed by atoms with E-state index in [0.717, 1.165) is 13.1 Å². The van der Waals surface area contributed by atoms with E-state index in [1.54, 1.807) is 0 Å². The van der Waals surface area contributed by atoms with Gasteiger partial charge < -0.3 is 15.2 Å². The van der Waals surface area contributed by atoms with E-state index < -0.39 is 28.7 Å². The second-order valence-electron chi connectivity index (χ2n) is 4.36. The highest BCUT2D eigenvalue weighted by Crippen LogP contribution is 1.98. The van der Waals surface area contributed by atoms with E-state index >= 15 is 0 Å². The smallest absolute Gasteiger partial charge is 0.327 e. The quantitative estimate of drug-likeness (QED) is 0.603. The predicted molar refractivity (Wildman–Crippen MR) is 70.4 cm³/mol. The molecule has 0 aliphatic carbocycles. The Kier molecular flexibility index (Phi) is 6.96. The Hall–Kier alpha value is -0.990. The van der Waals surface area contributed by atoms with Crippen molar-refractivity contribution in [3.05, 3.63) is 0 Å². The maximum Gasteiger partial charge on any atom is 0.327 e. The van der Waals surface area contributed by atoms with Gasteiger partial charge in [0.2, 0.25) is 5.91 Å². The Morgan fingerprint density at radius 3 is 2.58 bits per heavy atom. The number of carbonyl (C=O) groups is 2. The van der Waals surface area contributed by atoms with Crippen LogP contribution in [0, 0.1) is 0 Å². The molecular weight excluding hydrogens is 272 g/mol. The van der Waals surface area contributed by atoms with E-state index in [-0.39, 0.29) is 5.75 Å². The Balaban J connectivity index is 2.31. The van der Waals surface area contributed by atoms with E-state index in [4.69, 9.17) is 9.84 Å². The molecule has 1 saturated heterocycles. The Bertz CT molecular complexity index is 344. The summed E-state index contributed by atoms with van der Waals surface area (Å²) >= 11 is 0. The number of carbonyl (C=O) groups excluding carboxylic acids is 1. The van der Waals surface area contributed by atoms with Crippen molar-refractivity contribution >= 4 is 22.7 Å². The second kappa shape index (κ2) is 8.23. The highest BCUT2D eigenvalue weighted by Gasteiger charge is 2.21. The number of rotatable bonds is 7. The largest absolute Gasteiger partial charge is 0.480 e. The number of morpholine rings is 1. The van der Waals surface area contributed by atoms with Crippen molar-refractivity contribution in [2.24, 2.45) is 0 Å². The zero-order valence-electron chi connectivity index (χ0n) is 11.0. The lowest BCUT2D eigenvalue weighted by molar-refractivity contribution is -0.140. The average molecular weight is 292 g/mol. The van der Waals surface area contributed by atoms with Gasteiger partial charge in [-0.1, -0.05) is 0 Å². The van der Waals surface area contributed by atoms with Gasteiger partial charge in [0.05, 0.1) is 19.0 Å². The number of aliphatic carboxylic acids is 1. The lowest BCUT2D eigenvalue weighted by Gasteiger charge is -2.26. The maximum absolute atomic E-state index is 11.8. The van der Waals surface area contributed by atoms with E-state index in [1.165, 1.54) is 6.92 Å². The summed E-state index contributed by atoms with van der Waals surface area (Å²) < 4.78 is 17.0. The van der Waals surface area contributed by atoms with Crippen LogP contribution in [-0.2, 0) is 25.1 Å². The molecule has 2 N–H and O–H groups in total. The van der Waals surface area contributed by atoms with Crippen LogP contribution in [-0.4, -0.2) is 76.5 Å². The summed E-state index contributed by atoms with van der Waals surface area (Å²) in [5.74, 6) is -1.24. The first-order chi connectivity index (χ1) is 8.99. The molecule has 0 saturated carbocycles. The van der Waals surface area contributed by atoms with Gasteiger partial charge in [-0.05, 0) is 0 Å². The highest BCUT2D eigenvalue weighted by atomic mass is 32.2. The number of carboxylic acid groups (broad SMARTS) is 1. The van der Waals surface area contributed by atoms with Gasteiger partial charge >= 0.3 is 5.97 Å². The minimum absolute atomic E-state index is 0.0563. The third-order valence-electron chi connectivity index (χ3n) is 2.77. The van der Waals surface area contributed by atoms with Crippen LogP contribution in [0.4, 0.5) is 0 Å². The fourth-order valence-corrected chi connectivity index (χ4v) is 2.97. The summed E-state index contributed by atoms with van der Waals surface area (Å²) in [4.78, 5) is 23.9. The summed E-state index contributed by atoms with van der Waals surface area (Å²) in [6.45, 7) is 4.87. The molecule has 2 atom stereocenters. The van der Waals surface area contributed by atoms with Crippen LogP contribution >= 0.6 is 0 Å². The van der Waals surface area contributed by atoms with Crippen molar-refractivity contribution in [1.82, 2.24) is 10.2 Å². The minimum Gasteiger partial charge on any atom is -0.480 e. The van der Waals surface area contributed by atoms with Crippen molar-refractivity contribution in [2.45, 2.75) is 13.0 Å². The van der Waals surface area contributed by atoms with Gasteiger partial charge in [-0.3, -0.25) is 13.9 Å². The number of carboxylic acids is 1. The van der Waals surface area contributed by atoms with Crippen molar-refractivity contribution in [1.29, 1.82) is 0 Å². The summed E-state index contributed by atoms with van der Waals surface area (Å²) in [5, 5.41) is 11.2. The third kappa shape index (κ3) is 6.65. The molecule has 19 heavy (non-hydrogen) atoms. The van der Waals surface area contributed by atoms with Gasteiger partial charge in [-0.25, -0.2) is 4.79 Å². The van der Waals surface area contributed by atoms with Crippen molar-refractivity contribution in [2.75, 3.05) is 44.4 Å². The molecule has 0 aromatic rings. The summed E-state index contributed by atoms with van der Waals surface area (Å²) in [7, 11) is -1.27. The predicted octanol–water partition coefficient (Wildman–Crippen LogP) is -1.34. The lowest BCUT2D eigenvalue weighted by Crippen LogP contribution is -2.44. The zero-order chi connectivity index (χ0) is 14.3. The molecule has 7 nitrogen and oxygen atoms in total. The lowest BCUT2D eigenvalue weighted by atomic mass is 10.3. The topological polar surface area (TPSA) is 95.9 Å². The SMILES string of the molecule is CC(=O)NC(CS(=O)CCN1CCOCC1)C(=O)O. The maximum atomic E-state index is 11.8. The molecule has 0 aromatic heterocycles. The van der Waals surface area contributed by atoms with Crippen LogP contribution in [0.25, 0.3) is 0 Å². The minimum atomic E-state index is -1.27. The molecule has 1 aliphatic rings. The number of ether oxygens (including phenoxy) is 1. The number of nitrogens with one attached hydrogen (secondary N) is 1. The van der Waals surface area contributed by atoms with Gasteiger partial charge in [-0.2, -0.15) is 0 Å². The van der Waals surface area contributed by atoms with Gasteiger partial charge in [0, 0.05) is 43.1 Å². The second-order valence-corrected chi connectivity index (χ2v) is 5.98. The van der Waals surface area contributed by atoms with E-state index in [9.17, 15) is 13.8 Å². The third-order valence-corrected chi connectivity index (χ3v) is 4.11. The van der Waals surface area contributed by atoms with Gasteiger partial charge in [0.15, 0.2) is 0 Å². The van der Waals surface area contributed by atoms with E-state index in [0.29, 0.717) is 25.5 Å². The first kappa shape index (κ1) is 16.1.